The van der Waals surface area contributed by atoms with Crippen molar-refractivity contribution in [2.24, 2.45) is 5.10 Å². The smallest absolute Gasteiger partial charge is 0.244 e. The minimum absolute atomic E-state index is 0.169. The molecule has 3 rings (SSSR count). The molecule has 0 aliphatic carbocycles. The topological polar surface area (TPSA) is 59.9 Å². The summed E-state index contributed by atoms with van der Waals surface area (Å²) >= 11 is 0. The Kier molecular flexibility index (Phi) is 7.00. The van der Waals surface area contributed by atoms with Gasteiger partial charge in [-0.25, -0.2) is 5.43 Å². The number of benzene rings is 3. The summed E-state index contributed by atoms with van der Waals surface area (Å²) in [7, 11) is 1.59. The van der Waals surface area contributed by atoms with Crippen LogP contribution in [-0.4, -0.2) is 19.2 Å². The molecule has 5 nitrogen and oxygen atoms in total. The van der Waals surface area contributed by atoms with Gasteiger partial charge >= 0.3 is 0 Å². The van der Waals surface area contributed by atoms with Gasteiger partial charge in [0.05, 0.1) is 19.7 Å². The van der Waals surface area contributed by atoms with Gasteiger partial charge in [-0.15, -0.1) is 0 Å². The number of amides is 1. The maximum atomic E-state index is 12.0. The normalized spacial score (nSPS) is 10.7. The van der Waals surface area contributed by atoms with E-state index in [1.807, 2.05) is 60.7 Å². The van der Waals surface area contributed by atoms with Gasteiger partial charge in [-0.05, 0) is 41.8 Å². The fourth-order valence-corrected chi connectivity index (χ4v) is 2.73. The van der Waals surface area contributed by atoms with Crippen molar-refractivity contribution in [3.05, 3.63) is 95.1 Å². The van der Waals surface area contributed by atoms with Gasteiger partial charge in [0.2, 0.25) is 5.91 Å². The fraction of sp³-hybridized carbons (Fsp3) is 0.167. The lowest BCUT2D eigenvalue weighted by molar-refractivity contribution is -0.120. The Labute approximate surface area is 171 Å². The molecule has 0 bridgehead atoms. The molecule has 148 valence electrons. The zero-order valence-corrected chi connectivity index (χ0v) is 16.6. The molecule has 0 radical (unpaired) electrons. The molecule has 0 fully saturated rings. The molecule has 1 amide bonds. The minimum Gasteiger partial charge on any atom is -0.493 e. The van der Waals surface area contributed by atoms with Crippen molar-refractivity contribution < 1.29 is 14.3 Å². The van der Waals surface area contributed by atoms with Crippen LogP contribution < -0.4 is 14.9 Å². The molecule has 0 unspecified atom stereocenters. The molecule has 29 heavy (non-hydrogen) atoms. The molecule has 0 aliphatic heterocycles. The van der Waals surface area contributed by atoms with Crippen LogP contribution in [0.15, 0.2) is 77.9 Å². The van der Waals surface area contributed by atoms with Crippen molar-refractivity contribution in [2.75, 3.05) is 7.11 Å². The van der Waals surface area contributed by atoms with Crippen molar-refractivity contribution in [1.29, 1.82) is 0 Å². The largest absolute Gasteiger partial charge is 0.493 e. The highest BCUT2D eigenvalue weighted by molar-refractivity contribution is 5.84. The van der Waals surface area contributed by atoms with Crippen LogP contribution in [0.5, 0.6) is 11.5 Å². The van der Waals surface area contributed by atoms with Gasteiger partial charge in [-0.2, -0.15) is 5.10 Å². The Hall–Kier alpha value is -3.60. The zero-order valence-electron chi connectivity index (χ0n) is 16.6. The molecule has 3 aromatic carbocycles. The van der Waals surface area contributed by atoms with E-state index in [1.54, 1.807) is 13.3 Å². The SMILES string of the molecule is COc1cc(/C=N\NC(=O)Cc2ccccc2)ccc1OCc1ccc(C)cc1. The third kappa shape index (κ3) is 6.21. The molecule has 0 saturated heterocycles. The van der Waals surface area contributed by atoms with E-state index in [2.05, 4.69) is 29.6 Å². The number of rotatable bonds is 8. The molecule has 5 heteroatoms. The van der Waals surface area contributed by atoms with Gasteiger partial charge in [0.1, 0.15) is 6.61 Å². The Balaban J connectivity index is 1.56. The van der Waals surface area contributed by atoms with Crippen molar-refractivity contribution >= 4 is 12.1 Å². The van der Waals surface area contributed by atoms with E-state index in [9.17, 15) is 4.79 Å². The van der Waals surface area contributed by atoms with Gasteiger partial charge < -0.3 is 9.47 Å². The summed E-state index contributed by atoms with van der Waals surface area (Å²) < 4.78 is 11.3. The Morgan fingerprint density at radius 2 is 1.72 bits per heavy atom. The lowest BCUT2D eigenvalue weighted by Crippen LogP contribution is -2.19. The summed E-state index contributed by atoms with van der Waals surface area (Å²) in [5, 5.41) is 4.02. The van der Waals surface area contributed by atoms with Gasteiger partial charge in [0.25, 0.3) is 0 Å². The monoisotopic (exact) mass is 388 g/mol. The fourth-order valence-electron chi connectivity index (χ4n) is 2.73. The second kappa shape index (κ2) is 10.1. The number of hydrogen-bond donors (Lipinski definition) is 1. The summed E-state index contributed by atoms with van der Waals surface area (Å²) in [4.78, 5) is 12.0. The van der Waals surface area contributed by atoms with E-state index in [-0.39, 0.29) is 12.3 Å². The lowest BCUT2D eigenvalue weighted by Gasteiger charge is -2.11. The van der Waals surface area contributed by atoms with Crippen LogP contribution in [0.1, 0.15) is 22.3 Å². The lowest BCUT2D eigenvalue weighted by atomic mass is 10.1. The number of methoxy groups -OCH3 is 1. The molecule has 0 atom stereocenters. The summed E-state index contributed by atoms with van der Waals surface area (Å²) in [6, 6.07) is 23.2. The first-order valence-electron chi connectivity index (χ1n) is 9.36. The first-order chi connectivity index (χ1) is 14.1. The van der Waals surface area contributed by atoms with Crippen LogP contribution in [0.25, 0.3) is 0 Å². The molecule has 3 aromatic rings. The average molecular weight is 388 g/mol. The molecule has 0 saturated carbocycles. The molecule has 0 aromatic heterocycles. The number of nitrogens with one attached hydrogen (secondary N) is 1. The van der Waals surface area contributed by atoms with Crippen molar-refractivity contribution in [1.82, 2.24) is 5.43 Å². The molecular weight excluding hydrogens is 364 g/mol. The summed E-state index contributed by atoms with van der Waals surface area (Å²) in [5.74, 6) is 1.09. The minimum atomic E-state index is -0.169. The average Bonchev–Trinajstić information content (AvgIpc) is 2.74. The third-order valence-electron chi connectivity index (χ3n) is 4.31. The summed E-state index contributed by atoms with van der Waals surface area (Å²) in [5.41, 5.74) is 6.58. The van der Waals surface area contributed by atoms with E-state index in [4.69, 9.17) is 9.47 Å². The van der Waals surface area contributed by atoms with Gasteiger partial charge in [-0.1, -0.05) is 60.2 Å². The third-order valence-corrected chi connectivity index (χ3v) is 4.31. The Bertz CT molecular complexity index is 967. The van der Waals surface area contributed by atoms with Gasteiger partial charge in [0, 0.05) is 0 Å². The predicted molar refractivity (Wildman–Crippen MR) is 114 cm³/mol. The van der Waals surface area contributed by atoms with Crippen LogP contribution in [0.4, 0.5) is 0 Å². The number of ether oxygens (including phenoxy) is 2. The highest BCUT2D eigenvalue weighted by Gasteiger charge is 2.06. The highest BCUT2D eigenvalue weighted by atomic mass is 16.5. The Morgan fingerprint density at radius 1 is 0.966 bits per heavy atom. The molecular formula is C24H24N2O3. The molecule has 0 aliphatic rings. The maximum absolute atomic E-state index is 12.0. The first-order valence-corrected chi connectivity index (χ1v) is 9.36. The van der Waals surface area contributed by atoms with Crippen molar-refractivity contribution in [2.45, 2.75) is 20.0 Å². The molecule has 0 heterocycles. The van der Waals surface area contributed by atoms with E-state index < -0.39 is 0 Å². The zero-order chi connectivity index (χ0) is 20.5. The second-order valence-corrected chi connectivity index (χ2v) is 6.64. The number of hydrazone groups is 1. The second-order valence-electron chi connectivity index (χ2n) is 6.64. The number of carbonyl (C=O) groups excluding carboxylic acids is 1. The maximum Gasteiger partial charge on any atom is 0.244 e. The van der Waals surface area contributed by atoms with Gasteiger partial charge in [0.15, 0.2) is 11.5 Å². The van der Waals surface area contributed by atoms with E-state index >= 15 is 0 Å². The van der Waals surface area contributed by atoms with Crippen LogP contribution in [-0.2, 0) is 17.8 Å². The quantitative estimate of drug-likeness (QED) is 0.463. The van der Waals surface area contributed by atoms with Crippen molar-refractivity contribution in [3.8, 4) is 11.5 Å². The molecule has 1 N–H and O–H groups in total. The van der Waals surface area contributed by atoms with Crippen LogP contribution >= 0.6 is 0 Å². The first kappa shape index (κ1) is 20.1. The van der Waals surface area contributed by atoms with Crippen LogP contribution in [0.2, 0.25) is 0 Å². The highest BCUT2D eigenvalue weighted by Crippen LogP contribution is 2.28. The molecule has 0 spiro atoms. The van der Waals surface area contributed by atoms with Crippen LogP contribution in [0, 0.1) is 6.92 Å². The summed E-state index contributed by atoms with van der Waals surface area (Å²) in [6.45, 7) is 2.51. The number of hydrogen-bond acceptors (Lipinski definition) is 4. The van der Waals surface area contributed by atoms with Crippen molar-refractivity contribution in [3.63, 3.8) is 0 Å². The van der Waals surface area contributed by atoms with Crippen LogP contribution in [0.3, 0.4) is 0 Å². The number of aryl methyl sites for hydroxylation is 1. The van der Waals surface area contributed by atoms with E-state index in [0.717, 1.165) is 16.7 Å². The van der Waals surface area contributed by atoms with E-state index in [1.165, 1.54) is 5.56 Å². The Morgan fingerprint density at radius 3 is 2.45 bits per heavy atom. The number of nitrogens with zero attached hydrogens (tertiary/aromatic N) is 1. The van der Waals surface area contributed by atoms with Gasteiger partial charge in [-0.3, -0.25) is 4.79 Å². The summed E-state index contributed by atoms with van der Waals surface area (Å²) in [6.07, 6.45) is 1.86. The standard InChI is InChI=1S/C24H24N2O3/c1-18-8-10-20(11-9-18)17-29-22-13-12-21(14-23(22)28-2)16-25-26-24(27)15-19-6-4-3-5-7-19/h3-14,16H,15,17H2,1-2H3,(H,26,27)/b25-16-. The van der Waals surface area contributed by atoms with E-state index in [0.29, 0.717) is 18.1 Å². The predicted octanol–water partition coefficient (Wildman–Crippen LogP) is 4.28. The number of carbonyl (C=O) groups is 1.